The zero-order valence-corrected chi connectivity index (χ0v) is 13.0. The van der Waals surface area contributed by atoms with Crippen molar-refractivity contribution in [2.75, 3.05) is 19.6 Å². The summed E-state index contributed by atoms with van der Waals surface area (Å²) < 4.78 is 1.14. The van der Waals surface area contributed by atoms with Gasteiger partial charge < -0.3 is 10.2 Å². The number of aromatic nitrogens is 3. The average Bonchev–Trinajstić information content (AvgIpc) is 2.51. The summed E-state index contributed by atoms with van der Waals surface area (Å²) in [5.74, 6) is -0.101. The van der Waals surface area contributed by atoms with E-state index in [-0.39, 0.29) is 36.5 Å². The van der Waals surface area contributed by atoms with Crippen LogP contribution in [0.5, 0.6) is 0 Å². The molecule has 1 aliphatic heterocycles. The summed E-state index contributed by atoms with van der Waals surface area (Å²) >= 11 is 0. The summed E-state index contributed by atoms with van der Waals surface area (Å²) in [6, 6.07) is 7.12. The largest absolute Gasteiger partial charge is 0.336 e. The van der Waals surface area contributed by atoms with E-state index >= 15 is 0 Å². The van der Waals surface area contributed by atoms with Crippen LogP contribution in [0.15, 0.2) is 29.1 Å². The Morgan fingerprint density at radius 1 is 1.41 bits per heavy atom. The van der Waals surface area contributed by atoms with Crippen LogP contribution in [0, 0.1) is 0 Å². The number of nitrogens with one attached hydrogen (secondary N) is 1. The second kappa shape index (κ2) is 6.85. The summed E-state index contributed by atoms with van der Waals surface area (Å²) in [6.07, 6.45) is 0. The molecule has 0 unspecified atom stereocenters. The molecule has 8 heteroatoms. The van der Waals surface area contributed by atoms with Crippen molar-refractivity contribution in [1.82, 2.24) is 25.2 Å². The SMILES string of the molecule is C[C@H]1CNCCN1C(=O)Cn1nnc2ccccc2c1=O.Cl. The van der Waals surface area contributed by atoms with Crippen molar-refractivity contribution in [2.45, 2.75) is 19.5 Å². The zero-order valence-electron chi connectivity index (χ0n) is 12.2. The van der Waals surface area contributed by atoms with Crippen molar-refractivity contribution in [2.24, 2.45) is 0 Å². The Morgan fingerprint density at radius 3 is 2.95 bits per heavy atom. The summed E-state index contributed by atoms with van der Waals surface area (Å²) in [7, 11) is 0. The van der Waals surface area contributed by atoms with Gasteiger partial charge in [-0.2, -0.15) is 0 Å². The number of amides is 1. The second-order valence-electron chi connectivity index (χ2n) is 5.21. The lowest BCUT2D eigenvalue weighted by atomic mass is 10.2. The van der Waals surface area contributed by atoms with Crippen molar-refractivity contribution in [3.8, 4) is 0 Å². The minimum Gasteiger partial charge on any atom is -0.336 e. The average molecular weight is 324 g/mol. The van der Waals surface area contributed by atoms with Gasteiger partial charge in [0.1, 0.15) is 12.1 Å². The summed E-state index contributed by atoms with van der Waals surface area (Å²) in [5.41, 5.74) is 0.262. The lowest BCUT2D eigenvalue weighted by Crippen LogP contribution is -2.53. The van der Waals surface area contributed by atoms with Crippen LogP contribution in [-0.4, -0.2) is 51.5 Å². The van der Waals surface area contributed by atoms with Gasteiger partial charge in [0.25, 0.3) is 5.56 Å². The van der Waals surface area contributed by atoms with Crippen LogP contribution in [0.4, 0.5) is 0 Å². The number of hydrogen-bond acceptors (Lipinski definition) is 5. The lowest BCUT2D eigenvalue weighted by molar-refractivity contribution is -0.134. The maximum atomic E-state index is 12.3. The molecule has 0 aliphatic carbocycles. The molecule has 7 nitrogen and oxygen atoms in total. The molecule has 3 rings (SSSR count). The number of carbonyl (C=O) groups is 1. The Bertz CT molecular complexity index is 732. The molecule has 0 bridgehead atoms. The molecule has 0 spiro atoms. The Hall–Kier alpha value is -1.99. The molecule has 1 aliphatic rings. The van der Waals surface area contributed by atoms with E-state index in [2.05, 4.69) is 15.6 Å². The van der Waals surface area contributed by atoms with Crippen LogP contribution in [0.2, 0.25) is 0 Å². The van der Waals surface area contributed by atoms with E-state index < -0.39 is 0 Å². The van der Waals surface area contributed by atoms with Gasteiger partial charge in [0.15, 0.2) is 0 Å². The van der Waals surface area contributed by atoms with Gasteiger partial charge in [0, 0.05) is 25.7 Å². The van der Waals surface area contributed by atoms with E-state index in [1.807, 2.05) is 6.92 Å². The highest BCUT2D eigenvalue weighted by Gasteiger charge is 2.23. The molecular weight excluding hydrogens is 306 g/mol. The number of piperazine rings is 1. The van der Waals surface area contributed by atoms with Gasteiger partial charge in [-0.25, -0.2) is 4.68 Å². The molecular formula is C14H18ClN5O2. The molecule has 1 saturated heterocycles. The van der Waals surface area contributed by atoms with Crippen LogP contribution >= 0.6 is 12.4 Å². The van der Waals surface area contributed by atoms with E-state index in [0.717, 1.165) is 17.8 Å². The highest BCUT2D eigenvalue weighted by molar-refractivity contribution is 5.85. The first kappa shape index (κ1) is 16.4. The van der Waals surface area contributed by atoms with Crippen LogP contribution in [0.25, 0.3) is 10.9 Å². The Labute approximate surface area is 133 Å². The smallest absolute Gasteiger partial charge is 0.278 e. The standard InChI is InChI=1S/C14H17N5O2.ClH/c1-10-8-15-6-7-18(10)13(20)9-19-14(21)11-4-2-3-5-12(11)16-17-19;/h2-5,10,15H,6-9H2,1H3;1H/t10-;/m0./s1. The van der Waals surface area contributed by atoms with Gasteiger partial charge in [0.05, 0.1) is 5.39 Å². The molecule has 1 aromatic carbocycles. The van der Waals surface area contributed by atoms with Gasteiger partial charge in [-0.05, 0) is 19.1 Å². The normalized spacial score (nSPS) is 18.0. The fourth-order valence-corrected chi connectivity index (χ4v) is 2.56. The second-order valence-corrected chi connectivity index (χ2v) is 5.21. The maximum Gasteiger partial charge on any atom is 0.278 e. The molecule has 118 valence electrons. The minimum atomic E-state index is -0.281. The first-order valence-electron chi connectivity index (χ1n) is 6.99. The molecule has 1 atom stereocenters. The highest BCUT2D eigenvalue weighted by Crippen LogP contribution is 2.05. The number of fused-ring (bicyclic) bond motifs is 1. The van der Waals surface area contributed by atoms with Crippen LogP contribution in [0.3, 0.4) is 0 Å². The van der Waals surface area contributed by atoms with Crippen molar-refractivity contribution in [1.29, 1.82) is 0 Å². The van der Waals surface area contributed by atoms with Crippen LogP contribution in [-0.2, 0) is 11.3 Å². The van der Waals surface area contributed by atoms with Gasteiger partial charge in [0.2, 0.25) is 5.91 Å². The van der Waals surface area contributed by atoms with Crippen molar-refractivity contribution in [3.05, 3.63) is 34.6 Å². The monoisotopic (exact) mass is 323 g/mol. The fraction of sp³-hybridized carbons (Fsp3) is 0.429. The van der Waals surface area contributed by atoms with Gasteiger partial charge in [-0.15, -0.1) is 17.5 Å². The van der Waals surface area contributed by atoms with E-state index in [9.17, 15) is 9.59 Å². The molecule has 1 aromatic heterocycles. The molecule has 22 heavy (non-hydrogen) atoms. The number of hydrogen-bond donors (Lipinski definition) is 1. The molecule has 1 N–H and O–H groups in total. The quantitative estimate of drug-likeness (QED) is 0.843. The topological polar surface area (TPSA) is 80.1 Å². The number of halogens is 1. The van der Waals surface area contributed by atoms with Crippen LogP contribution in [0.1, 0.15) is 6.92 Å². The van der Waals surface area contributed by atoms with E-state index in [4.69, 9.17) is 0 Å². The number of carbonyl (C=O) groups excluding carboxylic acids is 1. The van der Waals surface area contributed by atoms with Crippen molar-refractivity contribution < 1.29 is 4.79 Å². The zero-order chi connectivity index (χ0) is 14.8. The molecule has 1 fully saturated rings. The summed E-state index contributed by atoms with van der Waals surface area (Å²) in [5, 5.41) is 11.6. The molecule has 2 heterocycles. The lowest BCUT2D eigenvalue weighted by Gasteiger charge is -2.33. The predicted molar refractivity (Wildman–Crippen MR) is 85.1 cm³/mol. The minimum absolute atomic E-state index is 0. The van der Waals surface area contributed by atoms with Gasteiger partial charge >= 0.3 is 0 Å². The van der Waals surface area contributed by atoms with E-state index in [1.165, 1.54) is 0 Å². The number of rotatable bonds is 2. The summed E-state index contributed by atoms with van der Waals surface area (Å²) in [4.78, 5) is 26.4. The Kier molecular flexibility index (Phi) is 5.10. The molecule has 1 amide bonds. The molecule has 2 aromatic rings. The van der Waals surface area contributed by atoms with E-state index in [1.54, 1.807) is 29.2 Å². The first-order chi connectivity index (χ1) is 10.2. The number of benzene rings is 1. The Balaban J connectivity index is 0.00000176. The van der Waals surface area contributed by atoms with E-state index in [0.29, 0.717) is 17.4 Å². The van der Waals surface area contributed by atoms with Crippen molar-refractivity contribution >= 4 is 29.2 Å². The highest BCUT2D eigenvalue weighted by atomic mass is 35.5. The summed E-state index contributed by atoms with van der Waals surface area (Å²) in [6.45, 7) is 4.11. The van der Waals surface area contributed by atoms with Gasteiger partial charge in [-0.3, -0.25) is 9.59 Å². The third kappa shape index (κ3) is 3.10. The molecule has 0 saturated carbocycles. The maximum absolute atomic E-state index is 12.3. The number of nitrogens with zero attached hydrogens (tertiary/aromatic N) is 4. The fourth-order valence-electron chi connectivity index (χ4n) is 2.56. The van der Waals surface area contributed by atoms with Gasteiger partial charge in [-0.1, -0.05) is 17.3 Å². The van der Waals surface area contributed by atoms with Crippen molar-refractivity contribution in [3.63, 3.8) is 0 Å². The third-order valence-corrected chi connectivity index (χ3v) is 3.74. The Morgan fingerprint density at radius 2 is 2.18 bits per heavy atom. The first-order valence-corrected chi connectivity index (χ1v) is 6.99. The predicted octanol–water partition coefficient (Wildman–Crippen LogP) is 0.0336. The molecule has 0 radical (unpaired) electrons. The van der Waals surface area contributed by atoms with Crippen LogP contribution < -0.4 is 10.9 Å². The third-order valence-electron chi connectivity index (χ3n) is 3.74.